The maximum Gasteiger partial charge on any atom is 0.195 e. The van der Waals surface area contributed by atoms with Gasteiger partial charge in [-0.05, 0) is 12.1 Å². The van der Waals surface area contributed by atoms with E-state index in [0.717, 1.165) is 22.0 Å². The minimum atomic E-state index is 0.609. The van der Waals surface area contributed by atoms with E-state index in [1.807, 2.05) is 28.1 Å². The van der Waals surface area contributed by atoms with E-state index in [1.165, 1.54) is 23.1 Å². The Hall–Kier alpha value is -1.53. The van der Waals surface area contributed by atoms with Crippen LogP contribution >= 0.6 is 23.1 Å². The third-order valence-corrected chi connectivity index (χ3v) is 4.07. The molecule has 0 aliphatic rings. The van der Waals surface area contributed by atoms with Gasteiger partial charge in [0.1, 0.15) is 16.5 Å². The smallest absolute Gasteiger partial charge is 0.195 e. The lowest BCUT2D eigenvalue weighted by Crippen LogP contribution is -1.88. The quantitative estimate of drug-likeness (QED) is 0.536. The number of thioether (sulfide) groups is 1. The Bertz CT molecular complexity index is 640. The lowest BCUT2D eigenvalue weighted by Gasteiger charge is -1.95. The number of aromatic nitrogens is 2. The molecule has 0 aliphatic carbocycles. The molecule has 0 radical (unpaired) electrons. The Balaban J connectivity index is 1.89. The molecule has 86 valence electrons. The van der Waals surface area contributed by atoms with Crippen LogP contribution in [0.15, 0.2) is 39.4 Å². The van der Waals surface area contributed by atoms with Crippen LogP contribution in [-0.4, -0.2) is 15.7 Å². The van der Waals surface area contributed by atoms with Crippen LogP contribution < -0.4 is 0 Å². The highest BCUT2D eigenvalue weighted by Gasteiger charge is 2.13. The molecule has 17 heavy (non-hydrogen) atoms. The van der Waals surface area contributed by atoms with Crippen LogP contribution in [0.5, 0.6) is 0 Å². The van der Waals surface area contributed by atoms with E-state index in [2.05, 4.69) is 4.98 Å². The first kappa shape index (κ1) is 10.6. The maximum atomic E-state index is 11.1. The minimum Gasteiger partial charge on any atom is -0.468 e. The lowest BCUT2D eigenvalue weighted by atomic mass is 10.5. The number of hydrogen-bond acceptors (Lipinski definition) is 5. The summed E-state index contributed by atoms with van der Waals surface area (Å²) in [6.07, 6.45) is 4.34. The van der Waals surface area contributed by atoms with E-state index >= 15 is 0 Å². The molecule has 0 bridgehead atoms. The van der Waals surface area contributed by atoms with Gasteiger partial charge in [0.2, 0.25) is 0 Å². The highest BCUT2D eigenvalue weighted by molar-refractivity contribution is 7.98. The summed E-state index contributed by atoms with van der Waals surface area (Å²) < 4.78 is 7.05. The molecular weight excluding hydrogens is 256 g/mol. The highest BCUT2D eigenvalue weighted by Crippen LogP contribution is 2.27. The molecule has 0 spiro atoms. The average Bonchev–Trinajstić information content (AvgIpc) is 3.02. The van der Waals surface area contributed by atoms with Gasteiger partial charge in [-0.1, -0.05) is 11.8 Å². The van der Waals surface area contributed by atoms with Crippen LogP contribution in [0, 0.1) is 0 Å². The largest absolute Gasteiger partial charge is 0.468 e. The first-order chi connectivity index (χ1) is 8.38. The topological polar surface area (TPSA) is 47.5 Å². The SMILES string of the molecule is O=Cc1c(SCc2ccco2)nc2sccn12. The summed E-state index contributed by atoms with van der Waals surface area (Å²) in [5.74, 6) is 1.56. The lowest BCUT2D eigenvalue weighted by molar-refractivity contribution is 0.111. The summed E-state index contributed by atoms with van der Waals surface area (Å²) in [6.45, 7) is 0. The molecule has 3 aromatic heterocycles. The molecule has 0 fully saturated rings. The summed E-state index contributed by atoms with van der Waals surface area (Å²) >= 11 is 3.03. The third-order valence-electron chi connectivity index (χ3n) is 2.31. The molecule has 0 saturated carbocycles. The van der Waals surface area contributed by atoms with Crippen molar-refractivity contribution in [1.82, 2.24) is 9.38 Å². The second-order valence-corrected chi connectivity index (χ2v) is 5.18. The molecule has 0 atom stereocenters. The number of furan rings is 1. The molecule has 3 heterocycles. The predicted molar refractivity (Wildman–Crippen MR) is 66.7 cm³/mol. The highest BCUT2D eigenvalue weighted by atomic mass is 32.2. The summed E-state index contributed by atoms with van der Waals surface area (Å²) in [5.41, 5.74) is 0.609. The van der Waals surface area contributed by atoms with Crippen molar-refractivity contribution < 1.29 is 9.21 Å². The first-order valence-electron chi connectivity index (χ1n) is 4.94. The zero-order valence-electron chi connectivity index (χ0n) is 8.70. The van der Waals surface area contributed by atoms with E-state index in [9.17, 15) is 4.79 Å². The summed E-state index contributed by atoms with van der Waals surface area (Å²) in [6, 6.07) is 3.76. The molecule has 6 heteroatoms. The fraction of sp³-hybridized carbons (Fsp3) is 0.0909. The number of carbonyl (C=O) groups excluding carboxylic acids is 1. The molecular formula is C11H8N2O2S2. The van der Waals surface area contributed by atoms with Crippen LogP contribution in [0.3, 0.4) is 0 Å². The molecule has 4 nitrogen and oxygen atoms in total. The van der Waals surface area contributed by atoms with Crippen molar-refractivity contribution in [3.63, 3.8) is 0 Å². The number of thiazole rings is 1. The summed E-state index contributed by atoms with van der Waals surface area (Å²) in [7, 11) is 0. The van der Waals surface area contributed by atoms with Gasteiger partial charge in [-0.2, -0.15) is 0 Å². The molecule has 0 unspecified atom stereocenters. The second-order valence-electron chi connectivity index (χ2n) is 3.34. The van der Waals surface area contributed by atoms with Gasteiger partial charge in [0, 0.05) is 11.6 Å². The van der Waals surface area contributed by atoms with E-state index in [0.29, 0.717) is 11.4 Å². The van der Waals surface area contributed by atoms with Crippen molar-refractivity contribution in [1.29, 1.82) is 0 Å². The Morgan fingerprint density at radius 3 is 3.29 bits per heavy atom. The Kier molecular flexibility index (Phi) is 2.74. The van der Waals surface area contributed by atoms with Gasteiger partial charge in [0.25, 0.3) is 0 Å². The summed E-state index contributed by atoms with van der Waals surface area (Å²) in [4.78, 5) is 16.3. The third kappa shape index (κ3) is 1.89. The molecule has 3 rings (SSSR count). The number of fused-ring (bicyclic) bond motifs is 1. The van der Waals surface area contributed by atoms with Crippen LogP contribution in [0.1, 0.15) is 16.2 Å². The van der Waals surface area contributed by atoms with Gasteiger partial charge >= 0.3 is 0 Å². The van der Waals surface area contributed by atoms with Crippen molar-refractivity contribution >= 4 is 34.3 Å². The van der Waals surface area contributed by atoms with Gasteiger partial charge in [-0.3, -0.25) is 9.20 Å². The molecule has 3 aromatic rings. The van der Waals surface area contributed by atoms with Gasteiger partial charge < -0.3 is 4.42 Å². The second kappa shape index (κ2) is 4.38. The van der Waals surface area contributed by atoms with E-state index in [1.54, 1.807) is 6.26 Å². The zero-order valence-corrected chi connectivity index (χ0v) is 10.3. The Labute approximate surface area is 105 Å². The van der Waals surface area contributed by atoms with E-state index < -0.39 is 0 Å². The standard InChI is InChI=1S/C11H8N2O2S2/c14-6-9-10(12-11-13(9)3-5-16-11)17-7-8-2-1-4-15-8/h1-6H,7H2. The monoisotopic (exact) mass is 264 g/mol. The van der Waals surface area contributed by atoms with Crippen LogP contribution in [-0.2, 0) is 5.75 Å². The maximum absolute atomic E-state index is 11.1. The average molecular weight is 264 g/mol. The van der Waals surface area contributed by atoms with E-state index in [4.69, 9.17) is 4.42 Å². The number of nitrogens with zero attached hydrogens (tertiary/aromatic N) is 2. The van der Waals surface area contributed by atoms with Crippen molar-refractivity contribution in [2.75, 3.05) is 0 Å². The normalized spacial score (nSPS) is 11.1. The van der Waals surface area contributed by atoms with Crippen LogP contribution in [0.25, 0.3) is 4.96 Å². The number of rotatable bonds is 4. The van der Waals surface area contributed by atoms with Crippen LogP contribution in [0.2, 0.25) is 0 Å². The molecule has 0 saturated heterocycles. The van der Waals surface area contributed by atoms with Crippen molar-refractivity contribution in [2.45, 2.75) is 10.8 Å². The predicted octanol–water partition coefficient (Wildman–Crippen LogP) is 3.09. The number of carbonyl (C=O) groups is 1. The molecule has 0 amide bonds. The first-order valence-corrected chi connectivity index (χ1v) is 6.81. The number of hydrogen-bond donors (Lipinski definition) is 0. The van der Waals surface area contributed by atoms with Gasteiger partial charge in [0.05, 0.1) is 12.0 Å². The van der Waals surface area contributed by atoms with Crippen LogP contribution in [0.4, 0.5) is 0 Å². The Morgan fingerprint density at radius 2 is 2.53 bits per heavy atom. The van der Waals surface area contributed by atoms with Gasteiger partial charge in [-0.15, -0.1) is 11.3 Å². The fourth-order valence-electron chi connectivity index (χ4n) is 1.53. The molecule has 0 aliphatic heterocycles. The fourth-order valence-corrected chi connectivity index (χ4v) is 3.20. The Morgan fingerprint density at radius 1 is 1.59 bits per heavy atom. The number of imidazole rings is 1. The van der Waals surface area contributed by atoms with Crippen molar-refractivity contribution in [3.05, 3.63) is 41.4 Å². The van der Waals surface area contributed by atoms with Gasteiger partial charge in [-0.25, -0.2) is 4.98 Å². The molecule has 0 aromatic carbocycles. The molecule has 0 N–H and O–H groups in total. The number of aldehydes is 1. The zero-order chi connectivity index (χ0) is 11.7. The van der Waals surface area contributed by atoms with Gasteiger partial charge in [0.15, 0.2) is 11.2 Å². The van der Waals surface area contributed by atoms with Crippen molar-refractivity contribution in [3.8, 4) is 0 Å². The minimum absolute atomic E-state index is 0.609. The summed E-state index contributed by atoms with van der Waals surface area (Å²) in [5, 5.41) is 2.67. The van der Waals surface area contributed by atoms with E-state index in [-0.39, 0.29) is 0 Å². The van der Waals surface area contributed by atoms with Crippen molar-refractivity contribution in [2.24, 2.45) is 0 Å².